The standard InChI is InChI=1S/C41H47ClN2O3S.C3H4/c1-27-25-35(42)19-22-37(27)31-15-20-36(21-16-31)44-40(46)38(26-28-5-7-33(8-6-28)39(45)43-23-24-48-47)32-11-9-29(10-12-32)30-13-17-34(18-14-30)41(2,3)4;1-3-2/h5-12,15-16,19-22,25,30,34,38,47H,13-14,17-18,23-24,26H2,1-4H3,(H,43,45)(H,44,46);1H,2H3/t30?,34?,38-;/m1./s1. The minimum atomic E-state index is -0.421. The van der Waals surface area contributed by atoms with Gasteiger partial charge in [-0.05, 0) is 145 Å². The van der Waals surface area contributed by atoms with E-state index < -0.39 is 5.92 Å². The van der Waals surface area contributed by atoms with Crippen LogP contribution >= 0.6 is 23.6 Å². The highest BCUT2D eigenvalue weighted by molar-refractivity contribution is 7.93. The molecule has 0 unspecified atom stereocenters. The highest BCUT2D eigenvalue weighted by atomic mass is 35.5. The summed E-state index contributed by atoms with van der Waals surface area (Å²) in [4.78, 5) is 26.5. The summed E-state index contributed by atoms with van der Waals surface area (Å²) in [6, 6.07) is 29.9. The van der Waals surface area contributed by atoms with Gasteiger partial charge in [-0.15, -0.1) is 12.3 Å². The number of terminal acetylenes is 1. The molecule has 7 heteroatoms. The lowest BCUT2D eigenvalue weighted by molar-refractivity contribution is -0.117. The van der Waals surface area contributed by atoms with Crippen molar-refractivity contribution in [3.63, 3.8) is 0 Å². The van der Waals surface area contributed by atoms with Crippen LogP contribution in [0.1, 0.15) is 97.8 Å². The van der Waals surface area contributed by atoms with E-state index in [1.807, 2.05) is 61.5 Å². The molecule has 1 aliphatic rings. The van der Waals surface area contributed by atoms with Crippen LogP contribution in [0.15, 0.2) is 91.0 Å². The molecule has 5 rings (SSSR count). The number of aryl methyl sites for hydroxylation is 1. The molecule has 4 aromatic carbocycles. The Bertz CT molecular complexity index is 1770. The topological polar surface area (TPSA) is 78.4 Å². The first-order chi connectivity index (χ1) is 24.4. The van der Waals surface area contributed by atoms with Gasteiger partial charge in [0.2, 0.25) is 5.91 Å². The van der Waals surface area contributed by atoms with Gasteiger partial charge in [-0.3, -0.25) is 9.59 Å². The lowest BCUT2D eigenvalue weighted by Gasteiger charge is -2.37. The highest BCUT2D eigenvalue weighted by Crippen LogP contribution is 2.43. The smallest absolute Gasteiger partial charge is 0.251 e. The van der Waals surface area contributed by atoms with Crippen LogP contribution in [-0.4, -0.2) is 28.7 Å². The molecule has 0 bridgehead atoms. The first-order valence-corrected chi connectivity index (χ1v) is 19.0. The van der Waals surface area contributed by atoms with E-state index in [-0.39, 0.29) is 11.8 Å². The van der Waals surface area contributed by atoms with E-state index in [1.54, 1.807) is 19.1 Å². The summed E-state index contributed by atoms with van der Waals surface area (Å²) in [5.41, 5.74) is 8.19. The lowest BCUT2D eigenvalue weighted by Crippen LogP contribution is -2.26. The number of hydrogen-bond donors (Lipinski definition) is 3. The van der Waals surface area contributed by atoms with E-state index in [1.165, 1.54) is 31.2 Å². The molecule has 0 spiro atoms. The van der Waals surface area contributed by atoms with Crippen molar-refractivity contribution in [2.24, 2.45) is 11.3 Å². The Labute approximate surface area is 314 Å². The molecule has 0 heterocycles. The molecule has 5 nitrogen and oxygen atoms in total. The molecule has 0 saturated heterocycles. The summed E-state index contributed by atoms with van der Waals surface area (Å²) in [5.74, 6) is 3.32. The van der Waals surface area contributed by atoms with E-state index in [9.17, 15) is 9.59 Å². The Kier molecular flexibility index (Phi) is 14.8. The highest BCUT2D eigenvalue weighted by Gasteiger charge is 2.30. The Morgan fingerprint density at radius 3 is 2.14 bits per heavy atom. The number of halogens is 1. The fourth-order valence-corrected chi connectivity index (χ4v) is 7.33. The van der Waals surface area contributed by atoms with E-state index in [0.29, 0.717) is 52.7 Å². The zero-order chi connectivity index (χ0) is 37.0. The third kappa shape index (κ3) is 11.5. The molecule has 2 amide bonds. The number of nitrogens with one attached hydrogen (secondary N) is 2. The third-order valence-electron chi connectivity index (χ3n) is 9.87. The SMILES string of the molecule is C#CC.Cc1cc(Cl)ccc1-c1ccc(NC(=O)[C@H](Cc2ccc(C(=O)NCCSO)cc2)c2ccc(C3CCC(C(C)(C)C)CC3)cc2)cc1. The van der Waals surface area contributed by atoms with Gasteiger partial charge >= 0.3 is 0 Å². The second-order valence-corrected chi connectivity index (χ2v) is 15.5. The van der Waals surface area contributed by atoms with Crippen molar-refractivity contribution >= 4 is 41.1 Å². The molecule has 0 aromatic heterocycles. The predicted octanol–water partition coefficient (Wildman–Crippen LogP) is 11.2. The summed E-state index contributed by atoms with van der Waals surface area (Å²) >= 11 is 6.87. The molecule has 0 aliphatic heterocycles. The second-order valence-electron chi connectivity index (χ2n) is 14.4. The number of carbonyl (C=O) groups excluding carboxylic acids is 2. The van der Waals surface area contributed by atoms with Gasteiger partial charge < -0.3 is 15.2 Å². The summed E-state index contributed by atoms with van der Waals surface area (Å²) in [6.45, 7) is 11.1. The number of rotatable bonds is 11. The van der Waals surface area contributed by atoms with Gasteiger partial charge in [0.05, 0.1) is 5.92 Å². The maximum Gasteiger partial charge on any atom is 0.251 e. The van der Waals surface area contributed by atoms with Crippen molar-refractivity contribution < 1.29 is 14.1 Å². The van der Waals surface area contributed by atoms with Gasteiger partial charge in [-0.25, -0.2) is 0 Å². The average Bonchev–Trinajstić information content (AvgIpc) is 3.11. The van der Waals surface area contributed by atoms with Gasteiger partial charge in [0.25, 0.3) is 5.91 Å². The monoisotopic (exact) mass is 722 g/mol. The molecule has 1 aliphatic carbocycles. The number of anilines is 1. The number of hydrogen-bond acceptors (Lipinski definition) is 4. The van der Waals surface area contributed by atoms with Crippen LogP contribution in [0.4, 0.5) is 5.69 Å². The van der Waals surface area contributed by atoms with Crippen molar-refractivity contribution in [3.8, 4) is 23.5 Å². The van der Waals surface area contributed by atoms with Crippen molar-refractivity contribution in [1.29, 1.82) is 0 Å². The fourth-order valence-electron chi connectivity index (χ4n) is 6.91. The largest absolute Gasteiger partial charge is 0.351 e. The first-order valence-electron chi connectivity index (χ1n) is 17.7. The lowest BCUT2D eigenvalue weighted by atomic mass is 9.68. The van der Waals surface area contributed by atoms with E-state index in [2.05, 4.69) is 68.0 Å². The average molecular weight is 723 g/mol. The zero-order valence-electron chi connectivity index (χ0n) is 30.5. The number of amides is 2. The molecule has 1 fully saturated rings. The van der Waals surface area contributed by atoms with Crippen LogP contribution in [0, 0.1) is 30.6 Å². The van der Waals surface area contributed by atoms with E-state index >= 15 is 0 Å². The van der Waals surface area contributed by atoms with Crippen LogP contribution in [-0.2, 0) is 11.2 Å². The summed E-state index contributed by atoms with van der Waals surface area (Å²) in [6.07, 6.45) is 10.0. The summed E-state index contributed by atoms with van der Waals surface area (Å²) in [7, 11) is 0. The Morgan fingerprint density at radius 2 is 1.57 bits per heavy atom. The normalized spacial score (nSPS) is 16.2. The second kappa shape index (κ2) is 19.0. The summed E-state index contributed by atoms with van der Waals surface area (Å²) in [5, 5.41) is 6.69. The molecule has 3 N–H and O–H groups in total. The van der Waals surface area contributed by atoms with Crippen LogP contribution in [0.2, 0.25) is 5.02 Å². The minimum absolute atomic E-state index is 0.0767. The van der Waals surface area contributed by atoms with Crippen molar-refractivity contribution in [3.05, 3.63) is 124 Å². The van der Waals surface area contributed by atoms with Crippen LogP contribution in [0.25, 0.3) is 11.1 Å². The quantitative estimate of drug-likeness (QED) is 0.0818. The van der Waals surface area contributed by atoms with Crippen LogP contribution in [0.5, 0.6) is 0 Å². The maximum absolute atomic E-state index is 14.0. The molecule has 268 valence electrons. The third-order valence-corrected chi connectivity index (χ3v) is 10.5. The van der Waals surface area contributed by atoms with Gasteiger partial charge in [-0.2, -0.15) is 0 Å². The Balaban J connectivity index is 0.00000188. The van der Waals surface area contributed by atoms with Crippen molar-refractivity contribution in [1.82, 2.24) is 5.32 Å². The Morgan fingerprint density at radius 1 is 0.941 bits per heavy atom. The van der Waals surface area contributed by atoms with E-state index in [4.69, 9.17) is 16.2 Å². The minimum Gasteiger partial charge on any atom is -0.351 e. The van der Waals surface area contributed by atoms with Gasteiger partial charge in [-0.1, -0.05) is 87.0 Å². The zero-order valence-corrected chi connectivity index (χ0v) is 32.0. The maximum atomic E-state index is 14.0. The molecule has 1 saturated carbocycles. The van der Waals surface area contributed by atoms with E-state index in [0.717, 1.165) is 39.4 Å². The molecule has 0 radical (unpaired) electrons. The van der Waals surface area contributed by atoms with Gasteiger partial charge in [0.1, 0.15) is 0 Å². The van der Waals surface area contributed by atoms with Gasteiger partial charge in [0, 0.05) is 28.6 Å². The first kappa shape index (κ1) is 39.8. The molecular formula is C44H51ClN2O3S. The van der Waals surface area contributed by atoms with Crippen LogP contribution < -0.4 is 10.6 Å². The fraction of sp³-hybridized carbons (Fsp3) is 0.364. The predicted molar refractivity (Wildman–Crippen MR) is 216 cm³/mol. The van der Waals surface area contributed by atoms with Crippen molar-refractivity contribution in [2.45, 2.75) is 78.6 Å². The van der Waals surface area contributed by atoms with Crippen molar-refractivity contribution in [2.75, 3.05) is 17.6 Å². The summed E-state index contributed by atoms with van der Waals surface area (Å²) < 4.78 is 8.93. The molecule has 1 atom stereocenters. The molecule has 4 aromatic rings. The van der Waals surface area contributed by atoms with Gasteiger partial charge in [0.15, 0.2) is 0 Å². The number of benzene rings is 4. The van der Waals surface area contributed by atoms with Crippen LogP contribution in [0.3, 0.4) is 0 Å². The number of carbonyl (C=O) groups is 2. The molecule has 51 heavy (non-hydrogen) atoms. The molecular weight excluding hydrogens is 672 g/mol. The Hall–Kier alpha value is -4.02.